The molecule has 0 atom stereocenters. The molecule has 0 unspecified atom stereocenters. The van der Waals surface area contributed by atoms with E-state index >= 15 is 0 Å². The van der Waals surface area contributed by atoms with Crippen molar-refractivity contribution in [3.63, 3.8) is 0 Å². The summed E-state index contributed by atoms with van der Waals surface area (Å²) in [5.41, 5.74) is 18.2. The number of hydrogen-bond acceptors (Lipinski definition) is 6. The molecule has 77 heavy (non-hydrogen) atoms. The van der Waals surface area contributed by atoms with Gasteiger partial charge in [0.2, 0.25) is 0 Å². The Balaban J connectivity index is 0.861. The minimum Gasteiger partial charge on any atom is -0.309 e. The van der Waals surface area contributed by atoms with Crippen molar-refractivity contribution in [3.8, 4) is 85.8 Å². The topological polar surface area (TPSA) is 136 Å². The number of hydrogen-bond donors (Lipinski definition) is 0. The fraction of sp³-hybridized carbons (Fsp3) is 0. The zero-order chi connectivity index (χ0) is 51.7. The first-order valence-corrected chi connectivity index (χ1v) is 25.0. The van der Waals surface area contributed by atoms with Crippen LogP contribution in [0.2, 0.25) is 0 Å². The zero-order valence-electron chi connectivity index (χ0n) is 40.9. The molecule has 14 aromatic rings. The van der Waals surface area contributed by atoms with Crippen molar-refractivity contribution in [1.29, 1.82) is 21.0 Å². The van der Waals surface area contributed by atoms with Crippen molar-refractivity contribution in [1.82, 2.24) is 23.7 Å². The molecular formula is C68H37N9. The first kappa shape index (κ1) is 44.3. The van der Waals surface area contributed by atoms with Gasteiger partial charge in [0.05, 0.1) is 44.3 Å². The van der Waals surface area contributed by atoms with E-state index in [0.717, 1.165) is 127 Å². The molecule has 0 fully saturated rings. The van der Waals surface area contributed by atoms with Crippen molar-refractivity contribution < 1.29 is 0 Å². The molecule has 9 aromatic carbocycles. The Kier molecular flexibility index (Phi) is 10.2. The average molecular weight is 980 g/mol. The highest BCUT2D eigenvalue weighted by atomic mass is 15.1. The van der Waals surface area contributed by atoms with Crippen LogP contribution >= 0.6 is 0 Å². The summed E-state index contributed by atoms with van der Waals surface area (Å²) in [7, 11) is 0. The van der Waals surface area contributed by atoms with Gasteiger partial charge >= 0.3 is 0 Å². The maximum Gasteiger partial charge on any atom is 0.146 e. The summed E-state index contributed by atoms with van der Waals surface area (Å²) in [6.07, 6.45) is 3.94. The van der Waals surface area contributed by atoms with Gasteiger partial charge in [0.15, 0.2) is 0 Å². The van der Waals surface area contributed by atoms with Gasteiger partial charge in [-0.2, -0.15) is 21.0 Å². The number of para-hydroxylation sites is 3. The first-order valence-electron chi connectivity index (χ1n) is 25.0. The molecule has 0 bridgehead atoms. The molecular weight excluding hydrogens is 943 g/mol. The van der Waals surface area contributed by atoms with E-state index < -0.39 is 0 Å². The number of nitriles is 4. The number of nitrogens with zero attached hydrogens (tertiary/aromatic N) is 9. The third-order valence-electron chi connectivity index (χ3n) is 14.9. The molecule has 354 valence electrons. The van der Waals surface area contributed by atoms with Gasteiger partial charge in [0.25, 0.3) is 0 Å². The lowest BCUT2D eigenvalue weighted by molar-refractivity contribution is 1.10. The van der Waals surface area contributed by atoms with Gasteiger partial charge < -0.3 is 9.13 Å². The number of rotatable bonds is 7. The Morgan fingerprint density at radius 3 is 1.05 bits per heavy atom. The van der Waals surface area contributed by atoms with Crippen molar-refractivity contribution in [3.05, 3.63) is 247 Å². The normalized spacial score (nSPS) is 11.3. The summed E-state index contributed by atoms with van der Waals surface area (Å²) in [6, 6.07) is 81.0. The smallest absolute Gasteiger partial charge is 0.146 e. The highest BCUT2D eigenvalue weighted by Crippen LogP contribution is 2.40. The molecule has 0 aliphatic carbocycles. The second-order valence-corrected chi connectivity index (χ2v) is 19.1. The minimum absolute atomic E-state index is 0.362. The summed E-state index contributed by atoms with van der Waals surface area (Å²) in [6.45, 7) is 0. The fourth-order valence-electron chi connectivity index (χ4n) is 11.2. The van der Waals surface area contributed by atoms with Gasteiger partial charge in [-0.15, -0.1) is 0 Å². The van der Waals surface area contributed by atoms with E-state index in [9.17, 15) is 21.0 Å². The van der Waals surface area contributed by atoms with Crippen LogP contribution in [0.3, 0.4) is 0 Å². The Morgan fingerprint density at radius 2 is 0.610 bits per heavy atom. The van der Waals surface area contributed by atoms with Gasteiger partial charge in [-0.1, -0.05) is 103 Å². The lowest BCUT2D eigenvalue weighted by Gasteiger charge is -2.10. The monoisotopic (exact) mass is 979 g/mol. The van der Waals surface area contributed by atoms with Crippen molar-refractivity contribution in [2.45, 2.75) is 0 Å². The second kappa shape index (κ2) is 17.7. The summed E-state index contributed by atoms with van der Waals surface area (Å²) in [5.74, 6) is 0. The molecule has 0 aliphatic heterocycles. The predicted molar refractivity (Wildman–Crippen MR) is 306 cm³/mol. The van der Waals surface area contributed by atoms with E-state index in [1.807, 2.05) is 42.7 Å². The number of benzene rings is 9. The van der Waals surface area contributed by atoms with Gasteiger partial charge in [-0.3, -0.25) is 4.57 Å². The van der Waals surface area contributed by atoms with E-state index in [1.54, 1.807) is 24.3 Å². The van der Waals surface area contributed by atoms with E-state index in [1.165, 1.54) is 0 Å². The zero-order valence-corrected chi connectivity index (χ0v) is 40.9. The van der Waals surface area contributed by atoms with E-state index in [2.05, 4.69) is 196 Å². The van der Waals surface area contributed by atoms with Crippen LogP contribution in [0.4, 0.5) is 0 Å². The van der Waals surface area contributed by atoms with Crippen LogP contribution in [0.1, 0.15) is 22.3 Å². The number of pyridine rings is 2. The second-order valence-electron chi connectivity index (χ2n) is 19.1. The van der Waals surface area contributed by atoms with Crippen LogP contribution in [0.5, 0.6) is 0 Å². The van der Waals surface area contributed by atoms with Crippen molar-refractivity contribution in [2.75, 3.05) is 0 Å². The van der Waals surface area contributed by atoms with Gasteiger partial charge in [0, 0.05) is 72.9 Å². The lowest BCUT2D eigenvalue weighted by Crippen LogP contribution is -1.96. The molecule has 0 saturated carbocycles. The number of aromatic nitrogens is 5. The van der Waals surface area contributed by atoms with Crippen LogP contribution in [-0.2, 0) is 0 Å². The average Bonchev–Trinajstić information content (AvgIpc) is 4.29. The largest absolute Gasteiger partial charge is 0.309 e. The van der Waals surface area contributed by atoms with E-state index in [-0.39, 0.29) is 0 Å². The Hall–Kier alpha value is -11.4. The third kappa shape index (κ3) is 7.13. The molecule has 0 saturated heterocycles. The standard InChI is InChI=1S/C68H37N9/c69-36-48-16-14-44(30-50(48)38-71)42-18-24-55(25-19-42)75-63-12-6-4-10-57(63)59-32-46(22-28-65(59)75)52-34-61-62-35-53(41-74-68(62)77(67(61)73-40-52)54-8-2-1-3-9-54)47-23-29-66-60(33-47)58-11-5-7-13-64(58)76(66)56-26-20-43(21-27-56)45-15-17-49(37-70)51(31-45)39-72/h1-35,40-41H. The first-order chi connectivity index (χ1) is 38.0. The molecule has 0 aliphatic rings. The molecule has 9 heteroatoms. The molecule has 0 radical (unpaired) electrons. The molecule has 0 N–H and O–H groups in total. The molecule has 0 amide bonds. The summed E-state index contributed by atoms with van der Waals surface area (Å²) >= 11 is 0. The van der Waals surface area contributed by atoms with Crippen molar-refractivity contribution in [2.24, 2.45) is 0 Å². The Labute approximate surface area is 441 Å². The third-order valence-corrected chi connectivity index (χ3v) is 14.9. The highest BCUT2D eigenvalue weighted by Gasteiger charge is 2.20. The van der Waals surface area contributed by atoms with Gasteiger partial charge in [0.1, 0.15) is 35.6 Å². The SMILES string of the molecule is N#Cc1ccc(-c2ccc(-n3c4ccccc4c4cc(-c5cnc6c(c5)c5cc(-c7ccc8c(c7)c7ccccc7n8-c7ccc(-c8ccc(C#N)c(C#N)c8)cc7)cnc5n6-c5ccccc5)ccc43)cc2)cc1C#N. The maximum absolute atomic E-state index is 9.66. The maximum atomic E-state index is 9.66. The highest BCUT2D eigenvalue weighted by molar-refractivity contribution is 6.13. The van der Waals surface area contributed by atoms with Crippen LogP contribution in [0, 0.1) is 45.3 Å². The van der Waals surface area contributed by atoms with Gasteiger partial charge in [-0.25, -0.2) is 9.97 Å². The molecule has 5 heterocycles. The number of fused-ring (bicyclic) bond motifs is 9. The fourth-order valence-corrected chi connectivity index (χ4v) is 11.2. The van der Waals surface area contributed by atoms with E-state index in [4.69, 9.17) is 9.97 Å². The van der Waals surface area contributed by atoms with Gasteiger partial charge in [-0.05, 0) is 143 Å². The predicted octanol–water partition coefficient (Wildman–Crippen LogP) is 15.9. The molecule has 0 spiro atoms. The van der Waals surface area contributed by atoms with Crippen LogP contribution in [0.25, 0.3) is 127 Å². The van der Waals surface area contributed by atoms with Crippen LogP contribution < -0.4 is 0 Å². The van der Waals surface area contributed by atoms with Crippen LogP contribution in [-0.4, -0.2) is 23.7 Å². The summed E-state index contributed by atoms with van der Waals surface area (Å²) in [5, 5.41) is 44.8. The molecule has 9 nitrogen and oxygen atoms in total. The van der Waals surface area contributed by atoms with E-state index in [0.29, 0.717) is 22.3 Å². The van der Waals surface area contributed by atoms with Crippen molar-refractivity contribution >= 4 is 65.7 Å². The Morgan fingerprint density at radius 1 is 0.260 bits per heavy atom. The molecule has 5 aromatic heterocycles. The Bertz CT molecular complexity index is 4660. The summed E-state index contributed by atoms with van der Waals surface area (Å²) in [4.78, 5) is 10.4. The quantitative estimate of drug-likeness (QED) is 0.156. The lowest BCUT2D eigenvalue weighted by atomic mass is 10.00. The minimum atomic E-state index is 0.362. The summed E-state index contributed by atoms with van der Waals surface area (Å²) < 4.78 is 6.73. The molecule has 14 rings (SSSR count). The van der Waals surface area contributed by atoms with Crippen LogP contribution in [0.15, 0.2) is 225 Å².